The van der Waals surface area contributed by atoms with Gasteiger partial charge in [-0.2, -0.15) is 5.10 Å². The van der Waals surface area contributed by atoms with E-state index in [-0.39, 0.29) is 12.5 Å². The summed E-state index contributed by atoms with van der Waals surface area (Å²) >= 11 is 7.67. The molecule has 0 unspecified atom stereocenters. The van der Waals surface area contributed by atoms with Gasteiger partial charge in [-0.3, -0.25) is 9.69 Å². The van der Waals surface area contributed by atoms with Gasteiger partial charge in [0.05, 0.1) is 29.3 Å². The second kappa shape index (κ2) is 9.82. The van der Waals surface area contributed by atoms with Crippen molar-refractivity contribution in [3.05, 3.63) is 59.3 Å². The molecule has 3 aromatic heterocycles. The molecule has 0 radical (unpaired) electrons. The van der Waals surface area contributed by atoms with Gasteiger partial charge in [-0.05, 0) is 42.6 Å². The highest BCUT2D eigenvalue weighted by atomic mass is 35.5. The fraction of sp³-hybridized carbons (Fsp3) is 0.250. The van der Waals surface area contributed by atoms with Crippen LogP contribution in [0.2, 0.25) is 5.02 Å². The van der Waals surface area contributed by atoms with Crippen LogP contribution in [-0.2, 0) is 11.3 Å². The number of amides is 1. The number of anilines is 1. The Bertz CT molecular complexity index is 1130. The van der Waals surface area contributed by atoms with E-state index in [1.165, 1.54) is 17.7 Å². The number of thiophene rings is 1. The standard InChI is InChI=1S/C20H20ClN7O2S/c1-2-7-27(11-19-25-26-20(30-19)17-4-3-8-31-17)10-18(29)24-15-9-14(21)5-6-16(15)28-13-22-12-23-28/h3-6,8-9,12-13H,2,7,10-11H2,1H3,(H,24,29). The Balaban J connectivity index is 1.44. The van der Waals surface area contributed by atoms with Crippen LogP contribution in [0.5, 0.6) is 0 Å². The first-order valence-corrected chi connectivity index (χ1v) is 10.9. The van der Waals surface area contributed by atoms with Gasteiger partial charge in [0, 0.05) is 5.02 Å². The van der Waals surface area contributed by atoms with Crippen LogP contribution < -0.4 is 5.32 Å². The SMILES string of the molecule is CCCN(CC(=O)Nc1cc(Cl)ccc1-n1cncn1)Cc1nnc(-c2cccs2)o1. The molecule has 0 aliphatic heterocycles. The lowest BCUT2D eigenvalue weighted by atomic mass is 10.2. The average molecular weight is 458 g/mol. The Labute approximate surface area is 187 Å². The maximum Gasteiger partial charge on any atom is 0.257 e. The molecule has 0 saturated heterocycles. The van der Waals surface area contributed by atoms with E-state index in [1.807, 2.05) is 22.4 Å². The van der Waals surface area contributed by atoms with Crippen LogP contribution in [-0.4, -0.2) is 48.9 Å². The van der Waals surface area contributed by atoms with Gasteiger partial charge < -0.3 is 9.73 Å². The van der Waals surface area contributed by atoms with Gasteiger partial charge in [-0.15, -0.1) is 21.5 Å². The minimum atomic E-state index is -0.185. The first-order chi connectivity index (χ1) is 15.1. The Kier molecular flexibility index (Phi) is 6.70. The third-order valence-electron chi connectivity index (χ3n) is 4.36. The van der Waals surface area contributed by atoms with E-state index in [0.717, 1.165) is 11.3 Å². The number of halogens is 1. The molecule has 0 aliphatic carbocycles. The fourth-order valence-electron chi connectivity index (χ4n) is 3.07. The van der Waals surface area contributed by atoms with E-state index in [4.69, 9.17) is 16.0 Å². The minimum absolute atomic E-state index is 0.161. The summed E-state index contributed by atoms with van der Waals surface area (Å²) in [6.07, 6.45) is 3.86. The quantitative estimate of drug-likeness (QED) is 0.406. The van der Waals surface area contributed by atoms with Crippen molar-refractivity contribution < 1.29 is 9.21 Å². The van der Waals surface area contributed by atoms with E-state index in [9.17, 15) is 4.79 Å². The molecule has 0 saturated carbocycles. The lowest BCUT2D eigenvalue weighted by Gasteiger charge is -2.19. The summed E-state index contributed by atoms with van der Waals surface area (Å²) in [7, 11) is 0. The fourth-order valence-corrected chi connectivity index (χ4v) is 3.89. The summed E-state index contributed by atoms with van der Waals surface area (Å²) in [6.45, 7) is 3.30. The van der Waals surface area contributed by atoms with Crippen molar-refractivity contribution in [2.75, 3.05) is 18.4 Å². The van der Waals surface area contributed by atoms with Crippen molar-refractivity contribution in [2.45, 2.75) is 19.9 Å². The van der Waals surface area contributed by atoms with Crippen LogP contribution in [0.4, 0.5) is 5.69 Å². The van der Waals surface area contributed by atoms with Crippen LogP contribution in [0.1, 0.15) is 19.2 Å². The average Bonchev–Trinajstić information content (AvgIpc) is 3.50. The highest BCUT2D eigenvalue weighted by molar-refractivity contribution is 7.13. The Morgan fingerprint density at radius 2 is 2.23 bits per heavy atom. The maximum absolute atomic E-state index is 12.8. The van der Waals surface area contributed by atoms with Crippen LogP contribution >= 0.6 is 22.9 Å². The summed E-state index contributed by atoms with van der Waals surface area (Å²) < 4.78 is 7.34. The molecular weight excluding hydrogens is 438 g/mol. The highest BCUT2D eigenvalue weighted by Gasteiger charge is 2.17. The maximum atomic E-state index is 12.8. The Hall–Kier alpha value is -3.08. The molecule has 1 aromatic carbocycles. The lowest BCUT2D eigenvalue weighted by Crippen LogP contribution is -2.33. The van der Waals surface area contributed by atoms with Gasteiger partial charge in [-0.25, -0.2) is 9.67 Å². The van der Waals surface area contributed by atoms with Crippen molar-refractivity contribution >= 4 is 34.5 Å². The lowest BCUT2D eigenvalue weighted by molar-refractivity contribution is -0.117. The first kappa shape index (κ1) is 21.2. The highest BCUT2D eigenvalue weighted by Crippen LogP contribution is 2.25. The summed E-state index contributed by atoms with van der Waals surface area (Å²) in [5.74, 6) is 0.771. The number of aromatic nitrogens is 5. The third-order valence-corrected chi connectivity index (χ3v) is 5.46. The van der Waals surface area contributed by atoms with Gasteiger partial charge in [-0.1, -0.05) is 24.6 Å². The smallest absolute Gasteiger partial charge is 0.257 e. The minimum Gasteiger partial charge on any atom is -0.419 e. The number of hydrogen-bond donors (Lipinski definition) is 1. The van der Waals surface area contributed by atoms with Crippen LogP contribution in [0.25, 0.3) is 16.5 Å². The predicted octanol–water partition coefficient (Wildman–Crippen LogP) is 3.88. The molecule has 0 spiro atoms. The molecule has 1 N–H and O–H groups in total. The third kappa shape index (κ3) is 5.35. The molecular formula is C20H20ClN7O2S. The Morgan fingerprint density at radius 1 is 1.32 bits per heavy atom. The zero-order valence-electron chi connectivity index (χ0n) is 16.7. The number of carbonyl (C=O) groups is 1. The first-order valence-electron chi connectivity index (χ1n) is 9.65. The van der Waals surface area contributed by atoms with Gasteiger partial charge in [0.2, 0.25) is 11.8 Å². The number of benzene rings is 1. The van der Waals surface area contributed by atoms with E-state index >= 15 is 0 Å². The number of hydrogen-bond acceptors (Lipinski definition) is 8. The number of carbonyl (C=O) groups excluding carboxylic acids is 1. The Morgan fingerprint density at radius 3 is 2.97 bits per heavy atom. The molecule has 0 bridgehead atoms. The molecule has 0 fully saturated rings. The molecule has 11 heteroatoms. The monoisotopic (exact) mass is 457 g/mol. The summed E-state index contributed by atoms with van der Waals surface area (Å²) in [6, 6.07) is 9.06. The van der Waals surface area contributed by atoms with Crippen molar-refractivity contribution in [1.29, 1.82) is 0 Å². The van der Waals surface area contributed by atoms with Crippen molar-refractivity contribution in [1.82, 2.24) is 29.9 Å². The van der Waals surface area contributed by atoms with E-state index in [1.54, 1.807) is 29.2 Å². The molecule has 160 valence electrons. The summed E-state index contributed by atoms with van der Waals surface area (Å²) in [4.78, 5) is 19.6. The van der Waals surface area contributed by atoms with Crippen molar-refractivity contribution in [2.24, 2.45) is 0 Å². The second-order valence-electron chi connectivity index (χ2n) is 6.74. The normalized spacial score (nSPS) is 11.2. The molecule has 0 atom stereocenters. The number of rotatable bonds is 9. The van der Waals surface area contributed by atoms with Gasteiger partial charge in [0.25, 0.3) is 5.89 Å². The van der Waals surface area contributed by atoms with Crippen LogP contribution in [0.15, 0.2) is 52.8 Å². The summed E-state index contributed by atoms with van der Waals surface area (Å²) in [5, 5.41) is 17.7. The molecule has 1 amide bonds. The number of nitrogens with zero attached hydrogens (tertiary/aromatic N) is 6. The zero-order chi connectivity index (χ0) is 21.6. The second-order valence-corrected chi connectivity index (χ2v) is 8.12. The molecule has 31 heavy (non-hydrogen) atoms. The van der Waals surface area contributed by atoms with Gasteiger partial charge in [0.15, 0.2) is 0 Å². The number of nitrogens with one attached hydrogen (secondary N) is 1. The van der Waals surface area contributed by atoms with Crippen molar-refractivity contribution in [3.8, 4) is 16.5 Å². The van der Waals surface area contributed by atoms with Gasteiger partial charge >= 0.3 is 0 Å². The molecule has 9 nitrogen and oxygen atoms in total. The molecule has 4 aromatic rings. The molecule has 0 aliphatic rings. The van der Waals surface area contributed by atoms with Crippen LogP contribution in [0, 0.1) is 0 Å². The molecule has 4 rings (SSSR count). The van der Waals surface area contributed by atoms with E-state index < -0.39 is 0 Å². The van der Waals surface area contributed by atoms with E-state index in [2.05, 4.69) is 32.5 Å². The summed E-state index contributed by atoms with van der Waals surface area (Å²) in [5.41, 5.74) is 1.23. The van der Waals surface area contributed by atoms with Crippen molar-refractivity contribution in [3.63, 3.8) is 0 Å². The molecule has 3 heterocycles. The van der Waals surface area contributed by atoms with Crippen LogP contribution in [0.3, 0.4) is 0 Å². The largest absolute Gasteiger partial charge is 0.419 e. The topological polar surface area (TPSA) is 102 Å². The predicted molar refractivity (Wildman–Crippen MR) is 118 cm³/mol. The van der Waals surface area contributed by atoms with E-state index in [0.29, 0.717) is 41.3 Å². The zero-order valence-corrected chi connectivity index (χ0v) is 18.3. The van der Waals surface area contributed by atoms with Gasteiger partial charge in [0.1, 0.15) is 12.7 Å².